The molecule has 0 aromatic heterocycles. The summed E-state index contributed by atoms with van der Waals surface area (Å²) in [6, 6.07) is 6.27. The maximum absolute atomic E-state index is 11.6. The Bertz CT molecular complexity index is 352. The molecule has 1 aromatic rings. The van der Waals surface area contributed by atoms with Gasteiger partial charge in [-0.3, -0.25) is 4.79 Å². The Kier molecular flexibility index (Phi) is 6.10. The number of nitrogens with one attached hydrogen (secondary N) is 1. The zero-order valence-electron chi connectivity index (χ0n) is 10.1. The van der Waals surface area contributed by atoms with Gasteiger partial charge in [0.15, 0.2) is 0 Å². The lowest BCUT2D eigenvalue weighted by Crippen LogP contribution is -2.27. The van der Waals surface area contributed by atoms with E-state index >= 15 is 0 Å². The Balaban J connectivity index is 2.21. The number of carbonyl (C=O) groups excluding carboxylic acids is 1. The van der Waals surface area contributed by atoms with Crippen molar-refractivity contribution >= 4 is 5.91 Å². The Hall–Kier alpha value is -1.55. The van der Waals surface area contributed by atoms with E-state index in [1.54, 1.807) is 12.1 Å². The molecule has 0 saturated heterocycles. The van der Waals surface area contributed by atoms with E-state index in [0.29, 0.717) is 18.7 Å². The number of ether oxygens (including phenoxy) is 1. The maximum atomic E-state index is 11.6. The molecule has 0 heterocycles. The summed E-state index contributed by atoms with van der Waals surface area (Å²) in [6.07, 6.45) is 2.15. The quantitative estimate of drug-likeness (QED) is 0.712. The molecule has 1 amide bonds. The SMILES string of the molecule is CCCCOCCNC(=O)c1cccc(O)c1. The minimum absolute atomic E-state index is 0.0943. The molecule has 94 valence electrons. The number of unbranched alkanes of at least 4 members (excludes halogenated alkanes) is 1. The van der Waals surface area contributed by atoms with Crippen LogP contribution < -0.4 is 5.32 Å². The van der Waals surface area contributed by atoms with E-state index in [1.165, 1.54) is 12.1 Å². The van der Waals surface area contributed by atoms with Gasteiger partial charge in [0.05, 0.1) is 6.61 Å². The summed E-state index contributed by atoms with van der Waals surface area (Å²) < 4.78 is 5.32. The van der Waals surface area contributed by atoms with Gasteiger partial charge in [-0.1, -0.05) is 19.4 Å². The summed E-state index contributed by atoms with van der Waals surface area (Å²) in [7, 11) is 0. The van der Waals surface area contributed by atoms with Crippen LogP contribution in [0.4, 0.5) is 0 Å². The van der Waals surface area contributed by atoms with E-state index in [9.17, 15) is 9.90 Å². The summed E-state index contributed by atoms with van der Waals surface area (Å²) in [5.41, 5.74) is 0.457. The summed E-state index contributed by atoms with van der Waals surface area (Å²) in [6.45, 7) is 3.84. The predicted octanol–water partition coefficient (Wildman–Crippen LogP) is 1.94. The first-order chi connectivity index (χ1) is 8.24. The van der Waals surface area contributed by atoms with Crippen molar-refractivity contribution in [2.24, 2.45) is 0 Å². The molecule has 0 aliphatic rings. The normalized spacial score (nSPS) is 10.2. The molecule has 2 N–H and O–H groups in total. The van der Waals surface area contributed by atoms with Crippen LogP contribution in [0.1, 0.15) is 30.1 Å². The second-order valence-electron chi connectivity index (χ2n) is 3.77. The monoisotopic (exact) mass is 237 g/mol. The predicted molar refractivity (Wildman–Crippen MR) is 66.2 cm³/mol. The number of aromatic hydroxyl groups is 1. The van der Waals surface area contributed by atoms with Crippen LogP contribution in [0.3, 0.4) is 0 Å². The van der Waals surface area contributed by atoms with Crippen molar-refractivity contribution in [3.8, 4) is 5.75 Å². The van der Waals surface area contributed by atoms with Crippen molar-refractivity contribution in [2.75, 3.05) is 19.8 Å². The third-order valence-corrected chi connectivity index (χ3v) is 2.28. The molecule has 0 unspecified atom stereocenters. The van der Waals surface area contributed by atoms with Gasteiger partial charge in [-0.25, -0.2) is 0 Å². The molecule has 0 radical (unpaired) electrons. The zero-order chi connectivity index (χ0) is 12.5. The van der Waals surface area contributed by atoms with E-state index in [1.807, 2.05) is 0 Å². The number of carbonyl (C=O) groups is 1. The molecule has 0 aliphatic heterocycles. The summed E-state index contributed by atoms with van der Waals surface area (Å²) in [4.78, 5) is 11.6. The standard InChI is InChI=1S/C13H19NO3/c1-2-3-8-17-9-7-14-13(16)11-5-4-6-12(15)10-11/h4-6,10,15H,2-3,7-9H2,1H3,(H,14,16). The smallest absolute Gasteiger partial charge is 0.251 e. The fourth-order valence-electron chi connectivity index (χ4n) is 1.33. The minimum Gasteiger partial charge on any atom is -0.508 e. The summed E-state index contributed by atoms with van der Waals surface area (Å²) >= 11 is 0. The van der Waals surface area contributed by atoms with E-state index in [4.69, 9.17) is 4.74 Å². The van der Waals surface area contributed by atoms with Crippen LogP contribution in [0.5, 0.6) is 5.75 Å². The minimum atomic E-state index is -0.194. The van der Waals surface area contributed by atoms with Crippen LogP contribution in [0.25, 0.3) is 0 Å². The van der Waals surface area contributed by atoms with Crippen LogP contribution in [-0.4, -0.2) is 30.8 Å². The van der Waals surface area contributed by atoms with Crippen molar-refractivity contribution in [1.29, 1.82) is 0 Å². The highest BCUT2D eigenvalue weighted by Gasteiger charge is 2.04. The van der Waals surface area contributed by atoms with E-state index in [2.05, 4.69) is 12.2 Å². The number of benzene rings is 1. The molecule has 4 nitrogen and oxygen atoms in total. The van der Waals surface area contributed by atoms with Crippen LogP contribution in [0.2, 0.25) is 0 Å². The first-order valence-corrected chi connectivity index (χ1v) is 5.89. The molecule has 0 spiro atoms. The van der Waals surface area contributed by atoms with Crippen LogP contribution >= 0.6 is 0 Å². The lowest BCUT2D eigenvalue weighted by atomic mass is 10.2. The van der Waals surface area contributed by atoms with Crippen molar-refractivity contribution in [3.05, 3.63) is 29.8 Å². The molecule has 0 atom stereocenters. The van der Waals surface area contributed by atoms with E-state index in [-0.39, 0.29) is 11.7 Å². The van der Waals surface area contributed by atoms with Gasteiger partial charge in [-0.2, -0.15) is 0 Å². The second kappa shape index (κ2) is 7.68. The molecule has 0 fully saturated rings. The topological polar surface area (TPSA) is 58.6 Å². The molecular formula is C13H19NO3. The third-order valence-electron chi connectivity index (χ3n) is 2.28. The molecule has 0 bridgehead atoms. The number of hydrogen-bond acceptors (Lipinski definition) is 3. The maximum Gasteiger partial charge on any atom is 0.251 e. The first-order valence-electron chi connectivity index (χ1n) is 5.89. The molecule has 1 aromatic carbocycles. The van der Waals surface area contributed by atoms with Crippen molar-refractivity contribution in [1.82, 2.24) is 5.32 Å². The van der Waals surface area contributed by atoms with Gasteiger partial charge in [0.25, 0.3) is 5.91 Å². The number of amides is 1. The number of hydrogen-bond donors (Lipinski definition) is 2. The average molecular weight is 237 g/mol. The van der Waals surface area contributed by atoms with Gasteiger partial charge < -0.3 is 15.2 Å². The first kappa shape index (κ1) is 13.5. The van der Waals surface area contributed by atoms with Crippen molar-refractivity contribution in [3.63, 3.8) is 0 Å². The van der Waals surface area contributed by atoms with Crippen LogP contribution in [0, 0.1) is 0 Å². The molecule has 1 rings (SSSR count). The van der Waals surface area contributed by atoms with Gasteiger partial charge in [-0.15, -0.1) is 0 Å². The molecule has 17 heavy (non-hydrogen) atoms. The van der Waals surface area contributed by atoms with Crippen LogP contribution in [0.15, 0.2) is 24.3 Å². The molecule has 4 heteroatoms. The van der Waals surface area contributed by atoms with E-state index in [0.717, 1.165) is 19.4 Å². The lowest BCUT2D eigenvalue weighted by Gasteiger charge is -2.06. The lowest BCUT2D eigenvalue weighted by molar-refractivity contribution is 0.0912. The fourth-order valence-corrected chi connectivity index (χ4v) is 1.33. The van der Waals surface area contributed by atoms with Gasteiger partial charge in [-0.05, 0) is 24.6 Å². The van der Waals surface area contributed by atoms with Gasteiger partial charge in [0, 0.05) is 18.7 Å². The Morgan fingerprint density at radius 3 is 2.94 bits per heavy atom. The van der Waals surface area contributed by atoms with Gasteiger partial charge in [0.2, 0.25) is 0 Å². The highest BCUT2D eigenvalue weighted by Crippen LogP contribution is 2.10. The summed E-state index contributed by atoms with van der Waals surface area (Å²) in [5.74, 6) is -0.100. The number of phenols is 1. The molecule has 0 saturated carbocycles. The Labute approximate surface area is 102 Å². The Morgan fingerprint density at radius 1 is 1.41 bits per heavy atom. The highest BCUT2D eigenvalue weighted by atomic mass is 16.5. The third kappa shape index (κ3) is 5.36. The van der Waals surface area contributed by atoms with Gasteiger partial charge in [0.1, 0.15) is 5.75 Å². The van der Waals surface area contributed by atoms with Crippen molar-refractivity contribution in [2.45, 2.75) is 19.8 Å². The number of phenolic OH excluding ortho intramolecular Hbond substituents is 1. The zero-order valence-corrected chi connectivity index (χ0v) is 10.1. The molecule has 0 aliphatic carbocycles. The average Bonchev–Trinajstić information content (AvgIpc) is 2.33. The van der Waals surface area contributed by atoms with E-state index < -0.39 is 0 Å². The van der Waals surface area contributed by atoms with Gasteiger partial charge >= 0.3 is 0 Å². The number of rotatable bonds is 7. The molecular weight excluding hydrogens is 218 g/mol. The fraction of sp³-hybridized carbons (Fsp3) is 0.462. The second-order valence-corrected chi connectivity index (χ2v) is 3.77. The summed E-state index contributed by atoms with van der Waals surface area (Å²) in [5, 5.41) is 12.0. The Morgan fingerprint density at radius 2 is 2.24 bits per heavy atom. The van der Waals surface area contributed by atoms with Crippen LogP contribution in [-0.2, 0) is 4.74 Å². The highest BCUT2D eigenvalue weighted by molar-refractivity contribution is 5.94. The van der Waals surface area contributed by atoms with Crippen molar-refractivity contribution < 1.29 is 14.6 Å². The largest absolute Gasteiger partial charge is 0.508 e.